The van der Waals surface area contributed by atoms with Crippen LogP contribution in [-0.4, -0.2) is 24.2 Å². The third kappa shape index (κ3) is 3.53. The smallest absolute Gasteiger partial charge is 0.368 e. The molecule has 14 heavy (non-hydrogen) atoms. The summed E-state index contributed by atoms with van der Waals surface area (Å²) in [6.45, 7) is 3.42. The Morgan fingerprint density at radius 1 is 1.43 bits per heavy atom. The largest absolute Gasteiger partial charge is 0.401 e. The van der Waals surface area contributed by atoms with Crippen LogP contribution in [0.15, 0.2) is 0 Å². The summed E-state index contributed by atoms with van der Waals surface area (Å²) in [5, 5.41) is 2.14. The predicted molar refractivity (Wildman–Crippen MR) is 46.5 cm³/mol. The molecule has 0 aliphatic carbocycles. The van der Waals surface area contributed by atoms with Crippen LogP contribution in [-0.2, 0) is 4.79 Å². The molecule has 0 saturated carbocycles. The molecule has 0 aliphatic heterocycles. The van der Waals surface area contributed by atoms with E-state index < -0.39 is 24.2 Å². The molecular formula is C8H15F3N2O. The molecule has 1 unspecified atom stereocenters. The lowest BCUT2D eigenvalue weighted by Crippen LogP contribution is -2.58. The summed E-state index contributed by atoms with van der Waals surface area (Å²) in [6.07, 6.45) is -4.34. The molecule has 0 radical (unpaired) electrons. The van der Waals surface area contributed by atoms with Crippen LogP contribution in [0.25, 0.3) is 0 Å². The fraction of sp³-hybridized carbons (Fsp3) is 0.875. The second-order valence-corrected chi connectivity index (χ2v) is 3.69. The van der Waals surface area contributed by atoms with E-state index in [1.807, 2.05) is 0 Å². The minimum Gasteiger partial charge on any atom is -0.368 e. The van der Waals surface area contributed by atoms with Crippen LogP contribution in [0.1, 0.15) is 20.8 Å². The van der Waals surface area contributed by atoms with Gasteiger partial charge in [0.05, 0.1) is 12.1 Å². The Labute approximate surface area is 80.8 Å². The van der Waals surface area contributed by atoms with Gasteiger partial charge in [-0.2, -0.15) is 13.2 Å². The summed E-state index contributed by atoms with van der Waals surface area (Å²) in [5.74, 6) is -1.08. The highest BCUT2D eigenvalue weighted by Gasteiger charge is 2.38. The first-order valence-electron chi connectivity index (χ1n) is 4.21. The van der Waals surface area contributed by atoms with E-state index in [-0.39, 0.29) is 5.92 Å². The zero-order valence-corrected chi connectivity index (χ0v) is 8.40. The minimum absolute atomic E-state index is 0.303. The van der Waals surface area contributed by atoms with Gasteiger partial charge in [-0.15, -0.1) is 0 Å². The molecule has 0 aliphatic rings. The van der Waals surface area contributed by atoms with Crippen LogP contribution in [0.5, 0.6) is 0 Å². The van der Waals surface area contributed by atoms with Crippen LogP contribution < -0.4 is 11.1 Å². The van der Waals surface area contributed by atoms with Crippen LogP contribution >= 0.6 is 0 Å². The highest BCUT2D eigenvalue weighted by molar-refractivity contribution is 5.84. The van der Waals surface area contributed by atoms with Crippen LogP contribution in [0, 0.1) is 5.92 Å². The molecular weight excluding hydrogens is 197 g/mol. The predicted octanol–water partition coefficient (Wildman–Crippen LogP) is 1.04. The molecule has 0 aromatic heterocycles. The Morgan fingerprint density at radius 3 is 2.07 bits per heavy atom. The molecule has 1 amide bonds. The van der Waals surface area contributed by atoms with Crippen LogP contribution in [0.3, 0.4) is 0 Å². The van der Waals surface area contributed by atoms with Crippen molar-refractivity contribution in [1.29, 1.82) is 0 Å². The number of primary amides is 1. The topological polar surface area (TPSA) is 55.1 Å². The second kappa shape index (κ2) is 4.16. The molecule has 0 rings (SSSR count). The van der Waals surface area contributed by atoms with E-state index in [1.54, 1.807) is 13.8 Å². The van der Waals surface area contributed by atoms with Gasteiger partial charge in [-0.25, -0.2) is 0 Å². The lowest BCUT2D eigenvalue weighted by molar-refractivity contribution is -0.137. The van der Waals surface area contributed by atoms with Crippen molar-refractivity contribution in [1.82, 2.24) is 5.32 Å². The molecule has 0 aromatic carbocycles. The van der Waals surface area contributed by atoms with Gasteiger partial charge in [0.2, 0.25) is 5.91 Å². The Hall–Kier alpha value is -0.780. The standard InChI is InChI=1S/C8H15F3N2O/c1-5(2)7(3,6(12)14)13-4-8(9,10)11/h5,13H,4H2,1-3H3,(H2,12,14). The number of alkyl halides is 3. The van der Waals surface area contributed by atoms with Gasteiger partial charge < -0.3 is 5.73 Å². The molecule has 0 bridgehead atoms. The Morgan fingerprint density at radius 2 is 1.86 bits per heavy atom. The molecule has 0 heterocycles. The van der Waals surface area contributed by atoms with Gasteiger partial charge in [0.1, 0.15) is 0 Å². The lowest BCUT2D eigenvalue weighted by atomic mass is 9.88. The average Bonchev–Trinajstić information content (AvgIpc) is 1.97. The first kappa shape index (κ1) is 13.2. The number of halogens is 3. The van der Waals surface area contributed by atoms with E-state index in [2.05, 4.69) is 5.32 Å². The number of nitrogens with one attached hydrogen (secondary N) is 1. The van der Waals surface area contributed by atoms with E-state index in [0.29, 0.717) is 0 Å². The van der Waals surface area contributed by atoms with Gasteiger partial charge in [0.15, 0.2) is 0 Å². The highest BCUT2D eigenvalue weighted by Crippen LogP contribution is 2.19. The van der Waals surface area contributed by atoms with Gasteiger partial charge in [0.25, 0.3) is 0 Å². The van der Waals surface area contributed by atoms with E-state index in [4.69, 9.17) is 5.73 Å². The maximum atomic E-state index is 11.9. The maximum Gasteiger partial charge on any atom is 0.401 e. The Bertz CT molecular complexity index is 215. The quantitative estimate of drug-likeness (QED) is 0.731. The van der Waals surface area contributed by atoms with Crippen molar-refractivity contribution in [2.24, 2.45) is 11.7 Å². The molecule has 0 aromatic rings. The van der Waals surface area contributed by atoms with Gasteiger partial charge in [-0.05, 0) is 12.8 Å². The third-order valence-electron chi connectivity index (χ3n) is 2.32. The monoisotopic (exact) mass is 212 g/mol. The molecule has 84 valence electrons. The SMILES string of the molecule is CC(C)C(C)(NCC(F)(F)F)C(N)=O. The fourth-order valence-corrected chi connectivity index (χ4v) is 0.860. The van der Waals surface area contributed by atoms with Crippen molar-refractivity contribution >= 4 is 5.91 Å². The summed E-state index contributed by atoms with van der Waals surface area (Å²) in [4.78, 5) is 11.0. The minimum atomic E-state index is -4.34. The van der Waals surface area contributed by atoms with Crippen molar-refractivity contribution in [3.05, 3.63) is 0 Å². The van der Waals surface area contributed by atoms with Crippen LogP contribution in [0.2, 0.25) is 0 Å². The van der Waals surface area contributed by atoms with Crippen LogP contribution in [0.4, 0.5) is 13.2 Å². The van der Waals surface area contributed by atoms with Crippen molar-refractivity contribution < 1.29 is 18.0 Å². The van der Waals surface area contributed by atoms with Gasteiger partial charge in [0, 0.05) is 0 Å². The van der Waals surface area contributed by atoms with E-state index in [1.165, 1.54) is 6.92 Å². The summed E-state index contributed by atoms with van der Waals surface area (Å²) < 4.78 is 35.7. The number of carbonyl (C=O) groups excluding carboxylic acids is 1. The van der Waals surface area contributed by atoms with Crippen molar-refractivity contribution in [2.75, 3.05) is 6.54 Å². The Balaban J connectivity index is 4.48. The second-order valence-electron chi connectivity index (χ2n) is 3.69. The molecule has 6 heteroatoms. The number of rotatable bonds is 4. The van der Waals surface area contributed by atoms with Gasteiger partial charge >= 0.3 is 6.18 Å². The molecule has 0 saturated heterocycles. The van der Waals surface area contributed by atoms with Crippen molar-refractivity contribution in [3.63, 3.8) is 0 Å². The molecule has 0 spiro atoms. The number of nitrogens with two attached hydrogens (primary N) is 1. The number of amides is 1. The molecule has 3 nitrogen and oxygen atoms in total. The summed E-state index contributed by atoms with van der Waals surface area (Å²) in [5.41, 5.74) is 3.71. The maximum absolute atomic E-state index is 11.9. The number of hydrogen-bond donors (Lipinski definition) is 2. The summed E-state index contributed by atoms with van der Waals surface area (Å²) in [6, 6.07) is 0. The molecule has 3 N–H and O–H groups in total. The van der Waals surface area contributed by atoms with Gasteiger partial charge in [-0.3, -0.25) is 10.1 Å². The average molecular weight is 212 g/mol. The lowest BCUT2D eigenvalue weighted by Gasteiger charge is -2.31. The van der Waals surface area contributed by atoms with E-state index >= 15 is 0 Å². The fourth-order valence-electron chi connectivity index (χ4n) is 0.860. The van der Waals surface area contributed by atoms with E-state index in [0.717, 1.165) is 0 Å². The Kier molecular flexibility index (Phi) is 3.93. The first-order valence-corrected chi connectivity index (χ1v) is 4.21. The normalized spacial score (nSPS) is 16.8. The summed E-state index contributed by atoms with van der Waals surface area (Å²) in [7, 11) is 0. The molecule has 0 fully saturated rings. The zero-order valence-electron chi connectivity index (χ0n) is 8.40. The van der Waals surface area contributed by atoms with Gasteiger partial charge in [-0.1, -0.05) is 13.8 Å². The number of carbonyl (C=O) groups is 1. The zero-order chi connectivity index (χ0) is 11.6. The van der Waals surface area contributed by atoms with Crippen molar-refractivity contribution in [3.8, 4) is 0 Å². The van der Waals surface area contributed by atoms with Crippen molar-refractivity contribution in [2.45, 2.75) is 32.5 Å². The first-order chi connectivity index (χ1) is 6.09. The summed E-state index contributed by atoms with van der Waals surface area (Å²) >= 11 is 0. The number of hydrogen-bond acceptors (Lipinski definition) is 2. The molecule has 1 atom stereocenters. The third-order valence-corrected chi connectivity index (χ3v) is 2.32. The van der Waals surface area contributed by atoms with E-state index in [9.17, 15) is 18.0 Å². The highest BCUT2D eigenvalue weighted by atomic mass is 19.4.